The third-order valence-corrected chi connectivity index (χ3v) is 5.28. The normalized spacial score (nSPS) is 19.0. The van der Waals surface area contributed by atoms with Gasteiger partial charge >= 0.3 is 6.03 Å². The van der Waals surface area contributed by atoms with Crippen molar-refractivity contribution < 1.29 is 14.3 Å². The SMILES string of the molecule is CN(C)C(=O)CCc1ccccc1NC(=O)N(CC1CC1)C[C@H]1CCCO1. The number of hydrogen-bond donors (Lipinski definition) is 1. The summed E-state index contributed by atoms with van der Waals surface area (Å²) in [7, 11) is 3.52. The van der Waals surface area contributed by atoms with Gasteiger partial charge in [-0.05, 0) is 49.7 Å². The third-order valence-electron chi connectivity index (χ3n) is 5.28. The fraction of sp³-hybridized carbons (Fsp3) is 0.619. The molecular weight excluding hydrogens is 342 g/mol. The zero-order chi connectivity index (χ0) is 19.2. The summed E-state index contributed by atoms with van der Waals surface area (Å²) in [4.78, 5) is 28.4. The summed E-state index contributed by atoms with van der Waals surface area (Å²) >= 11 is 0. The summed E-state index contributed by atoms with van der Waals surface area (Å²) in [5.41, 5.74) is 1.78. The van der Waals surface area contributed by atoms with Crippen LogP contribution in [0.4, 0.5) is 10.5 Å². The lowest BCUT2D eigenvalue weighted by atomic mass is 10.1. The van der Waals surface area contributed by atoms with Crippen LogP contribution in [0.2, 0.25) is 0 Å². The maximum absolute atomic E-state index is 12.9. The highest BCUT2D eigenvalue weighted by molar-refractivity contribution is 5.90. The number of nitrogens with zero attached hydrogens (tertiary/aromatic N) is 2. The van der Waals surface area contributed by atoms with E-state index in [9.17, 15) is 9.59 Å². The van der Waals surface area contributed by atoms with Crippen LogP contribution in [-0.2, 0) is 16.0 Å². The van der Waals surface area contributed by atoms with Crippen LogP contribution in [0.1, 0.15) is 37.7 Å². The molecule has 1 aromatic rings. The minimum atomic E-state index is -0.0659. The molecule has 0 aromatic heterocycles. The zero-order valence-corrected chi connectivity index (χ0v) is 16.4. The largest absolute Gasteiger partial charge is 0.376 e. The first-order valence-corrected chi connectivity index (χ1v) is 9.98. The van der Waals surface area contributed by atoms with Gasteiger partial charge in [-0.1, -0.05) is 18.2 Å². The Morgan fingerprint density at radius 1 is 1.15 bits per heavy atom. The molecule has 27 heavy (non-hydrogen) atoms. The van der Waals surface area contributed by atoms with E-state index >= 15 is 0 Å². The number of urea groups is 1. The van der Waals surface area contributed by atoms with E-state index in [4.69, 9.17) is 4.74 Å². The van der Waals surface area contributed by atoms with Crippen molar-refractivity contribution in [3.05, 3.63) is 29.8 Å². The lowest BCUT2D eigenvalue weighted by Crippen LogP contribution is -2.41. The van der Waals surface area contributed by atoms with E-state index < -0.39 is 0 Å². The second kappa shape index (κ2) is 9.22. The second-order valence-corrected chi connectivity index (χ2v) is 7.86. The number of nitrogens with one attached hydrogen (secondary N) is 1. The van der Waals surface area contributed by atoms with E-state index in [1.807, 2.05) is 29.2 Å². The molecule has 3 amide bonds. The van der Waals surface area contributed by atoms with Gasteiger partial charge in [0.1, 0.15) is 0 Å². The Hall–Kier alpha value is -2.08. The molecular formula is C21H31N3O3. The first-order chi connectivity index (χ1) is 13.0. The number of amides is 3. The maximum atomic E-state index is 12.9. The molecule has 0 bridgehead atoms. The molecule has 6 heteroatoms. The highest BCUT2D eigenvalue weighted by atomic mass is 16.5. The van der Waals surface area contributed by atoms with Crippen LogP contribution >= 0.6 is 0 Å². The molecule has 2 fully saturated rings. The summed E-state index contributed by atoms with van der Waals surface area (Å²) in [6, 6.07) is 7.68. The van der Waals surface area contributed by atoms with Crippen LogP contribution in [0.5, 0.6) is 0 Å². The Labute approximate surface area is 161 Å². The summed E-state index contributed by atoms with van der Waals surface area (Å²) in [5, 5.41) is 3.08. The quantitative estimate of drug-likeness (QED) is 0.761. The zero-order valence-electron chi connectivity index (χ0n) is 16.4. The van der Waals surface area contributed by atoms with Gasteiger partial charge in [-0.15, -0.1) is 0 Å². The van der Waals surface area contributed by atoms with Gasteiger partial charge in [0.25, 0.3) is 0 Å². The molecule has 6 nitrogen and oxygen atoms in total. The molecule has 1 atom stereocenters. The summed E-state index contributed by atoms with van der Waals surface area (Å²) in [6.45, 7) is 2.25. The standard InChI is InChI=1S/C21H31N3O3/c1-23(2)20(25)12-11-17-6-3-4-8-19(17)22-21(26)24(14-16-9-10-16)15-18-7-5-13-27-18/h3-4,6,8,16,18H,5,7,9-15H2,1-2H3,(H,22,26)/t18-/m1/s1. The highest BCUT2D eigenvalue weighted by Crippen LogP contribution is 2.30. The Morgan fingerprint density at radius 2 is 1.93 bits per heavy atom. The fourth-order valence-corrected chi connectivity index (χ4v) is 3.41. The number of aryl methyl sites for hydroxylation is 1. The molecule has 0 unspecified atom stereocenters. The van der Waals surface area contributed by atoms with Crippen molar-refractivity contribution >= 4 is 17.6 Å². The number of carbonyl (C=O) groups excluding carboxylic acids is 2. The molecule has 1 saturated heterocycles. The Kier molecular flexibility index (Phi) is 6.72. The minimum Gasteiger partial charge on any atom is -0.376 e. The van der Waals surface area contributed by atoms with Gasteiger partial charge in [0.15, 0.2) is 0 Å². The van der Waals surface area contributed by atoms with Crippen LogP contribution in [0.15, 0.2) is 24.3 Å². The van der Waals surface area contributed by atoms with E-state index in [0.29, 0.717) is 25.3 Å². The fourth-order valence-electron chi connectivity index (χ4n) is 3.41. The monoisotopic (exact) mass is 373 g/mol. The molecule has 3 rings (SSSR count). The van der Waals surface area contributed by atoms with E-state index in [2.05, 4.69) is 5.32 Å². The summed E-state index contributed by atoms with van der Waals surface area (Å²) in [6.07, 6.45) is 5.72. The molecule has 0 spiro atoms. The van der Waals surface area contributed by atoms with Crippen molar-refractivity contribution in [2.45, 2.75) is 44.6 Å². The van der Waals surface area contributed by atoms with Crippen molar-refractivity contribution in [1.29, 1.82) is 0 Å². The maximum Gasteiger partial charge on any atom is 0.321 e. The molecule has 2 aliphatic rings. The molecule has 1 heterocycles. The van der Waals surface area contributed by atoms with Crippen LogP contribution in [0.25, 0.3) is 0 Å². The predicted molar refractivity (Wildman–Crippen MR) is 106 cm³/mol. The van der Waals surface area contributed by atoms with Gasteiger partial charge in [-0.25, -0.2) is 4.79 Å². The van der Waals surface area contributed by atoms with Crippen molar-refractivity contribution in [3.63, 3.8) is 0 Å². The summed E-state index contributed by atoms with van der Waals surface area (Å²) in [5.74, 6) is 0.718. The first kappa shape index (κ1) is 19.7. The van der Waals surface area contributed by atoms with Gasteiger partial charge < -0.3 is 19.9 Å². The number of benzene rings is 1. The topological polar surface area (TPSA) is 61.9 Å². The van der Waals surface area contributed by atoms with E-state index in [-0.39, 0.29) is 18.0 Å². The Balaban J connectivity index is 1.62. The van der Waals surface area contributed by atoms with Gasteiger partial charge in [-0.2, -0.15) is 0 Å². The third kappa shape index (κ3) is 5.96. The molecule has 1 aromatic carbocycles. The smallest absolute Gasteiger partial charge is 0.321 e. The second-order valence-electron chi connectivity index (χ2n) is 7.86. The Morgan fingerprint density at radius 3 is 2.59 bits per heavy atom. The number of hydrogen-bond acceptors (Lipinski definition) is 3. The number of carbonyl (C=O) groups is 2. The molecule has 1 aliphatic carbocycles. The van der Waals surface area contributed by atoms with Crippen LogP contribution in [-0.4, -0.2) is 61.6 Å². The van der Waals surface area contributed by atoms with Crippen LogP contribution in [0.3, 0.4) is 0 Å². The lowest BCUT2D eigenvalue weighted by molar-refractivity contribution is -0.128. The highest BCUT2D eigenvalue weighted by Gasteiger charge is 2.29. The van der Waals surface area contributed by atoms with Crippen molar-refractivity contribution in [2.24, 2.45) is 5.92 Å². The van der Waals surface area contributed by atoms with E-state index in [1.165, 1.54) is 12.8 Å². The van der Waals surface area contributed by atoms with Crippen molar-refractivity contribution in [2.75, 3.05) is 39.1 Å². The predicted octanol–water partition coefficient (Wildman–Crippen LogP) is 3.13. The molecule has 1 N–H and O–H groups in total. The minimum absolute atomic E-state index is 0.0659. The van der Waals surface area contributed by atoms with Gasteiger partial charge in [0, 0.05) is 45.9 Å². The lowest BCUT2D eigenvalue weighted by Gasteiger charge is -2.26. The van der Waals surface area contributed by atoms with Gasteiger partial charge in [0.05, 0.1) is 6.10 Å². The van der Waals surface area contributed by atoms with Crippen LogP contribution in [0, 0.1) is 5.92 Å². The molecule has 0 radical (unpaired) electrons. The van der Waals surface area contributed by atoms with E-state index in [0.717, 1.165) is 37.2 Å². The Bertz CT molecular complexity index is 652. The average molecular weight is 373 g/mol. The van der Waals surface area contributed by atoms with Crippen molar-refractivity contribution in [3.8, 4) is 0 Å². The average Bonchev–Trinajstić information content (AvgIpc) is 3.32. The number of ether oxygens (including phenoxy) is 1. The number of anilines is 1. The first-order valence-electron chi connectivity index (χ1n) is 9.98. The number of rotatable bonds is 8. The van der Waals surface area contributed by atoms with Gasteiger partial charge in [0.2, 0.25) is 5.91 Å². The van der Waals surface area contributed by atoms with Crippen LogP contribution < -0.4 is 5.32 Å². The molecule has 1 aliphatic heterocycles. The van der Waals surface area contributed by atoms with E-state index in [1.54, 1.807) is 19.0 Å². The summed E-state index contributed by atoms with van der Waals surface area (Å²) < 4.78 is 5.73. The van der Waals surface area contributed by atoms with Gasteiger partial charge in [-0.3, -0.25) is 4.79 Å². The molecule has 1 saturated carbocycles. The van der Waals surface area contributed by atoms with Crippen molar-refractivity contribution in [1.82, 2.24) is 9.80 Å². The molecule has 148 valence electrons. The number of para-hydroxylation sites is 1.